The molecule has 0 spiro atoms. The van der Waals surface area contributed by atoms with E-state index in [4.69, 9.17) is 0 Å². The molecule has 0 aliphatic carbocycles. The summed E-state index contributed by atoms with van der Waals surface area (Å²) in [6.45, 7) is 0.779. The summed E-state index contributed by atoms with van der Waals surface area (Å²) >= 11 is 0. The van der Waals surface area contributed by atoms with Crippen LogP contribution in [0.1, 0.15) is 22.4 Å². The van der Waals surface area contributed by atoms with Gasteiger partial charge in [-0.05, 0) is 23.8 Å². The van der Waals surface area contributed by atoms with Crippen LogP contribution in [0, 0.1) is 5.82 Å². The zero-order chi connectivity index (χ0) is 20.6. The van der Waals surface area contributed by atoms with Crippen LogP contribution in [0.15, 0.2) is 41.7 Å². The van der Waals surface area contributed by atoms with Crippen molar-refractivity contribution in [2.45, 2.75) is 25.7 Å². The molecule has 2 aromatic heterocycles. The fourth-order valence-electron chi connectivity index (χ4n) is 3.34. The van der Waals surface area contributed by atoms with Gasteiger partial charge in [0.1, 0.15) is 18.0 Å². The molecule has 0 saturated carbocycles. The van der Waals surface area contributed by atoms with Gasteiger partial charge < -0.3 is 4.98 Å². The highest BCUT2D eigenvalue weighted by Crippen LogP contribution is 2.31. The average Bonchev–Trinajstić information content (AvgIpc) is 2.68. The monoisotopic (exact) mass is 405 g/mol. The van der Waals surface area contributed by atoms with Crippen molar-refractivity contribution in [2.75, 3.05) is 6.54 Å². The normalized spacial score (nSPS) is 14.6. The van der Waals surface area contributed by atoms with Crippen LogP contribution in [0.2, 0.25) is 0 Å². The number of fused-ring (bicyclic) bond motifs is 1. The first kappa shape index (κ1) is 19.2. The highest BCUT2D eigenvalue weighted by atomic mass is 19.4. The number of nitrogens with zero attached hydrogens (tertiary/aromatic N) is 4. The van der Waals surface area contributed by atoms with Crippen LogP contribution < -0.4 is 5.56 Å². The summed E-state index contributed by atoms with van der Waals surface area (Å²) in [7, 11) is 0. The summed E-state index contributed by atoms with van der Waals surface area (Å²) < 4.78 is 52.4. The SMILES string of the molecule is O=c1[nH]c(-c2cncnc2)nc2c1CN(Cc1cc(F)cc(C(F)(F)F)c1)CC2. The third-order valence-corrected chi connectivity index (χ3v) is 4.67. The maximum Gasteiger partial charge on any atom is 0.416 e. The first-order chi connectivity index (χ1) is 13.8. The number of rotatable bonds is 3. The molecule has 0 radical (unpaired) electrons. The summed E-state index contributed by atoms with van der Waals surface area (Å²) in [5.41, 5.74) is 0.494. The standard InChI is InChI=1S/C19H15F4N5O/c20-14-4-11(3-13(5-14)19(21,22)23)8-28-2-1-16-15(9-28)18(29)27-17(26-16)12-6-24-10-25-7-12/h3-7,10H,1-2,8-9H2,(H,26,27,29). The van der Waals surface area contributed by atoms with E-state index in [0.29, 0.717) is 41.7 Å². The molecular weight excluding hydrogens is 390 g/mol. The zero-order valence-electron chi connectivity index (χ0n) is 15.0. The molecule has 1 aliphatic heterocycles. The molecule has 1 aliphatic rings. The number of nitrogens with one attached hydrogen (secondary N) is 1. The summed E-state index contributed by atoms with van der Waals surface area (Å²) in [6.07, 6.45) is 0.268. The largest absolute Gasteiger partial charge is 0.416 e. The topological polar surface area (TPSA) is 74.8 Å². The van der Waals surface area contributed by atoms with Crippen LogP contribution in [0.5, 0.6) is 0 Å². The summed E-state index contributed by atoms with van der Waals surface area (Å²) in [6, 6.07) is 2.48. The van der Waals surface area contributed by atoms with Gasteiger partial charge >= 0.3 is 6.18 Å². The van der Waals surface area contributed by atoms with Crippen LogP contribution in [0.25, 0.3) is 11.4 Å². The number of alkyl halides is 3. The fourth-order valence-corrected chi connectivity index (χ4v) is 3.34. The van der Waals surface area contributed by atoms with Gasteiger partial charge in [0.15, 0.2) is 0 Å². The van der Waals surface area contributed by atoms with Gasteiger partial charge in [-0.3, -0.25) is 9.69 Å². The zero-order valence-corrected chi connectivity index (χ0v) is 15.0. The Labute approximate surface area is 162 Å². The Morgan fingerprint density at radius 2 is 1.90 bits per heavy atom. The first-order valence-electron chi connectivity index (χ1n) is 8.76. The van der Waals surface area contributed by atoms with E-state index in [0.717, 1.165) is 12.1 Å². The molecule has 4 rings (SSSR count). The smallest absolute Gasteiger partial charge is 0.306 e. The van der Waals surface area contributed by atoms with Crippen molar-refractivity contribution >= 4 is 0 Å². The maximum absolute atomic E-state index is 13.6. The lowest BCUT2D eigenvalue weighted by molar-refractivity contribution is -0.137. The Morgan fingerprint density at radius 1 is 1.14 bits per heavy atom. The lowest BCUT2D eigenvalue weighted by Gasteiger charge is -2.28. The Kier molecular flexibility index (Phi) is 4.87. The van der Waals surface area contributed by atoms with Gasteiger partial charge in [-0.25, -0.2) is 19.3 Å². The van der Waals surface area contributed by atoms with Gasteiger partial charge in [0.2, 0.25) is 0 Å². The molecule has 10 heteroatoms. The third kappa shape index (κ3) is 4.16. The number of H-pyrrole nitrogens is 1. The van der Waals surface area contributed by atoms with Crippen LogP contribution in [0.4, 0.5) is 17.6 Å². The predicted molar refractivity (Wildman–Crippen MR) is 95.1 cm³/mol. The summed E-state index contributed by atoms with van der Waals surface area (Å²) in [5, 5.41) is 0. The van der Waals surface area contributed by atoms with Gasteiger partial charge in [0, 0.05) is 38.4 Å². The van der Waals surface area contributed by atoms with E-state index >= 15 is 0 Å². The van der Waals surface area contributed by atoms with Crippen molar-refractivity contribution in [1.82, 2.24) is 24.8 Å². The van der Waals surface area contributed by atoms with Crippen LogP contribution >= 0.6 is 0 Å². The van der Waals surface area contributed by atoms with Gasteiger partial charge in [-0.15, -0.1) is 0 Å². The molecule has 1 aromatic carbocycles. The van der Waals surface area contributed by atoms with Crippen molar-refractivity contribution in [3.63, 3.8) is 0 Å². The summed E-state index contributed by atoms with van der Waals surface area (Å²) in [5.74, 6) is -0.579. The van der Waals surface area contributed by atoms with Crippen LogP contribution in [-0.4, -0.2) is 31.4 Å². The molecule has 0 saturated heterocycles. The molecular formula is C19H15F4N5O. The quantitative estimate of drug-likeness (QED) is 0.679. The highest BCUT2D eigenvalue weighted by Gasteiger charge is 2.31. The summed E-state index contributed by atoms with van der Waals surface area (Å²) in [4.78, 5) is 29.3. The molecule has 0 fully saturated rings. The number of halogens is 4. The molecule has 29 heavy (non-hydrogen) atoms. The Balaban J connectivity index is 1.57. The second-order valence-corrected chi connectivity index (χ2v) is 6.77. The minimum Gasteiger partial charge on any atom is -0.306 e. The van der Waals surface area contributed by atoms with E-state index in [1.165, 1.54) is 18.7 Å². The maximum atomic E-state index is 13.6. The molecule has 0 atom stereocenters. The second kappa shape index (κ2) is 7.36. The predicted octanol–water partition coefficient (Wildman–Crippen LogP) is 2.94. The lowest BCUT2D eigenvalue weighted by atomic mass is 10.0. The number of aromatic amines is 1. The van der Waals surface area contributed by atoms with Crippen LogP contribution in [-0.2, 0) is 25.7 Å². The Hall–Kier alpha value is -3.14. The van der Waals surface area contributed by atoms with Crippen molar-refractivity contribution in [3.8, 4) is 11.4 Å². The van der Waals surface area contributed by atoms with E-state index in [-0.39, 0.29) is 24.2 Å². The Bertz CT molecular complexity index is 1100. The van der Waals surface area contributed by atoms with Crippen molar-refractivity contribution in [1.29, 1.82) is 0 Å². The molecule has 0 amide bonds. The Morgan fingerprint density at radius 3 is 2.62 bits per heavy atom. The number of benzene rings is 1. The van der Waals surface area contributed by atoms with Gasteiger partial charge in [0.25, 0.3) is 5.56 Å². The molecule has 0 unspecified atom stereocenters. The van der Waals surface area contributed by atoms with E-state index in [1.807, 2.05) is 0 Å². The van der Waals surface area contributed by atoms with Gasteiger partial charge in [-0.1, -0.05) is 0 Å². The van der Waals surface area contributed by atoms with E-state index < -0.39 is 17.6 Å². The molecule has 3 heterocycles. The third-order valence-electron chi connectivity index (χ3n) is 4.67. The average molecular weight is 405 g/mol. The van der Waals surface area contributed by atoms with E-state index in [2.05, 4.69) is 19.9 Å². The van der Waals surface area contributed by atoms with Crippen molar-refractivity contribution < 1.29 is 17.6 Å². The lowest BCUT2D eigenvalue weighted by Crippen LogP contribution is -2.35. The van der Waals surface area contributed by atoms with Crippen molar-refractivity contribution in [3.05, 3.63) is 75.5 Å². The number of aromatic nitrogens is 4. The molecule has 3 aromatic rings. The number of hydrogen-bond acceptors (Lipinski definition) is 5. The minimum absolute atomic E-state index is 0.0913. The highest BCUT2D eigenvalue weighted by molar-refractivity contribution is 5.52. The first-order valence-corrected chi connectivity index (χ1v) is 8.76. The molecule has 0 bridgehead atoms. The fraction of sp³-hybridized carbons (Fsp3) is 0.263. The van der Waals surface area contributed by atoms with E-state index in [1.54, 1.807) is 4.90 Å². The van der Waals surface area contributed by atoms with Crippen molar-refractivity contribution in [2.24, 2.45) is 0 Å². The van der Waals surface area contributed by atoms with Crippen LogP contribution in [0.3, 0.4) is 0 Å². The second-order valence-electron chi connectivity index (χ2n) is 6.77. The van der Waals surface area contributed by atoms with E-state index in [9.17, 15) is 22.4 Å². The minimum atomic E-state index is -4.62. The molecule has 6 nitrogen and oxygen atoms in total. The molecule has 1 N–H and O–H groups in total. The van der Waals surface area contributed by atoms with Gasteiger partial charge in [-0.2, -0.15) is 13.2 Å². The number of hydrogen-bond donors (Lipinski definition) is 1. The molecule has 150 valence electrons. The van der Waals surface area contributed by atoms with Gasteiger partial charge in [0.05, 0.1) is 22.4 Å².